The predicted octanol–water partition coefficient (Wildman–Crippen LogP) is 4.19. The van der Waals surface area contributed by atoms with Gasteiger partial charge in [0.05, 0.1) is 11.2 Å². The summed E-state index contributed by atoms with van der Waals surface area (Å²) in [5, 5.41) is 3.37. The average molecular weight is 266 g/mol. The number of aromatic nitrogens is 1. The van der Waals surface area contributed by atoms with Gasteiger partial charge in [0.15, 0.2) is 0 Å². The highest BCUT2D eigenvalue weighted by molar-refractivity contribution is 7.09. The van der Waals surface area contributed by atoms with Gasteiger partial charge in [-0.25, -0.2) is 4.98 Å². The van der Waals surface area contributed by atoms with E-state index in [1.54, 1.807) is 11.3 Å². The molecule has 3 heteroatoms. The second-order valence-electron chi connectivity index (χ2n) is 6.68. The lowest BCUT2D eigenvalue weighted by atomic mass is 9.72. The van der Waals surface area contributed by atoms with E-state index in [9.17, 15) is 0 Å². The van der Waals surface area contributed by atoms with Gasteiger partial charge >= 0.3 is 0 Å². The Morgan fingerprint density at radius 2 is 2.17 bits per heavy atom. The molecule has 1 aliphatic rings. The molecule has 2 rings (SSSR count). The minimum atomic E-state index is -0.166. The van der Waals surface area contributed by atoms with Crippen LogP contribution in [0.5, 0.6) is 0 Å². The Morgan fingerprint density at radius 3 is 2.72 bits per heavy atom. The fourth-order valence-corrected chi connectivity index (χ4v) is 4.22. The number of hydrogen-bond donors (Lipinski definition) is 1. The van der Waals surface area contributed by atoms with Crippen molar-refractivity contribution in [3.8, 4) is 0 Å². The van der Waals surface area contributed by atoms with Gasteiger partial charge in [-0.3, -0.25) is 0 Å². The van der Waals surface area contributed by atoms with E-state index in [0.717, 1.165) is 6.42 Å². The maximum atomic E-state index is 6.74. The molecule has 1 fully saturated rings. The second kappa shape index (κ2) is 4.93. The molecule has 0 radical (unpaired) electrons. The molecule has 1 saturated carbocycles. The van der Waals surface area contributed by atoms with E-state index in [1.165, 1.54) is 36.4 Å². The minimum absolute atomic E-state index is 0.126. The molecule has 102 valence electrons. The fraction of sp³-hybridized carbons (Fsp3) is 0.800. The van der Waals surface area contributed by atoms with Crippen molar-refractivity contribution in [1.82, 2.24) is 4.98 Å². The molecule has 0 amide bonds. The first kappa shape index (κ1) is 14.0. The van der Waals surface area contributed by atoms with Crippen molar-refractivity contribution < 1.29 is 0 Å². The van der Waals surface area contributed by atoms with Gasteiger partial charge in [-0.05, 0) is 18.8 Å². The van der Waals surface area contributed by atoms with Crippen molar-refractivity contribution in [2.24, 2.45) is 11.7 Å². The summed E-state index contributed by atoms with van der Waals surface area (Å²) in [6.07, 6.45) is 6.10. The van der Waals surface area contributed by atoms with Crippen LogP contribution in [0.25, 0.3) is 0 Å². The van der Waals surface area contributed by atoms with Crippen LogP contribution in [0.1, 0.15) is 70.5 Å². The van der Waals surface area contributed by atoms with Crippen molar-refractivity contribution in [1.29, 1.82) is 0 Å². The first-order chi connectivity index (χ1) is 8.38. The summed E-state index contributed by atoms with van der Waals surface area (Å²) in [6, 6.07) is 0. The third-order valence-electron chi connectivity index (χ3n) is 4.29. The lowest BCUT2D eigenvalue weighted by molar-refractivity contribution is 0.183. The highest BCUT2D eigenvalue weighted by atomic mass is 32.1. The molecule has 0 aliphatic heterocycles. The van der Waals surface area contributed by atoms with Crippen LogP contribution in [0, 0.1) is 5.92 Å². The Kier molecular flexibility index (Phi) is 3.84. The lowest BCUT2D eigenvalue weighted by Crippen LogP contribution is -2.46. The van der Waals surface area contributed by atoms with Crippen molar-refractivity contribution in [2.45, 2.75) is 70.8 Å². The zero-order valence-electron chi connectivity index (χ0n) is 12.1. The Balaban J connectivity index is 2.31. The van der Waals surface area contributed by atoms with E-state index >= 15 is 0 Å². The van der Waals surface area contributed by atoms with Gasteiger partial charge in [0.25, 0.3) is 0 Å². The predicted molar refractivity (Wildman–Crippen MR) is 78.9 cm³/mol. The van der Waals surface area contributed by atoms with Crippen molar-refractivity contribution >= 4 is 11.3 Å². The smallest absolute Gasteiger partial charge is 0.113 e. The molecule has 0 aromatic carbocycles. The van der Waals surface area contributed by atoms with Crippen LogP contribution in [-0.2, 0) is 11.0 Å². The third-order valence-corrected chi connectivity index (χ3v) is 5.32. The van der Waals surface area contributed by atoms with Crippen molar-refractivity contribution in [3.63, 3.8) is 0 Å². The molecular formula is C15H26N2S. The van der Waals surface area contributed by atoms with E-state index < -0.39 is 0 Å². The fourth-order valence-electron chi connectivity index (χ4n) is 2.95. The Hall–Kier alpha value is -0.410. The summed E-state index contributed by atoms with van der Waals surface area (Å²) in [5.74, 6) is 0.602. The quantitative estimate of drug-likeness (QED) is 0.871. The number of hydrogen-bond acceptors (Lipinski definition) is 3. The van der Waals surface area contributed by atoms with E-state index in [2.05, 4.69) is 33.1 Å². The standard InChI is InChI=1S/C15H26N2S/c1-5-11-8-6-7-9-15(11,16)13-17-12(10-18-13)14(2,3)4/h10-11H,5-9,16H2,1-4H3. The molecule has 1 aromatic heterocycles. The highest BCUT2D eigenvalue weighted by Crippen LogP contribution is 2.43. The minimum Gasteiger partial charge on any atom is -0.319 e. The Morgan fingerprint density at radius 1 is 1.44 bits per heavy atom. The molecule has 2 unspecified atom stereocenters. The molecular weight excluding hydrogens is 240 g/mol. The van der Waals surface area contributed by atoms with Gasteiger partial charge in [-0.1, -0.05) is 47.0 Å². The third kappa shape index (κ3) is 2.48. The van der Waals surface area contributed by atoms with Crippen LogP contribution in [0.3, 0.4) is 0 Å². The molecule has 0 bridgehead atoms. The van der Waals surface area contributed by atoms with E-state index in [4.69, 9.17) is 10.7 Å². The topological polar surface area (TPSA) is 38.9 Å². The summed E-state index contributed by atoms with van der Waals surface area (Å²) >= 11 is 1.76. The van der Waals surface area contributed by atoms with E-state index in [0.29, 0.717) is 5.92 Å². The number of thiazole rings is 1. The first-order valence-corrected chi connectivity index (χ1v) is 8.01. The van der Waals surface area contributed by atoms with E-state index in [1.807, 2.05) is 0 Å². The summed E-state index contributed by atoms with van der Waals surface area (Å²) in [7, 11) is 0. The number of nitrogens with two attached hydrogens (primary N) is 1. The Bertz CT molecular complexity index is 405. The van der Waals surface area contributed by atoms with Crippen LogP contribution in [-0.4, -0.2) is 4.98 Å². The zero-order chi connectivity index (χ0) is 13.4. The molecule has 2 N–H and O–H groups in total. The maximum absolute atomic E-state index is 6.74. The highest BCUT2D eigenvalue weighted by Gasteiger charge is 2.40. The second-order valence-corrected chi connectivity index (χ2v) is 7.54. The summed E-state index contributed by atoms with van der Waals surface area (Å²) in [6.45, 7) is 8.91. The summed E-state index contributed by atoms with van der Waals surface area (Å²) < 4.78 is 0. The number of nitrogens with zero attached hydrogens (tertiary/aromatic N) is 1. The van der Waals surface area contributed by atoms with Gasteiger partial charge in [0.1, 0.15) is 5.01 Å². The molecule has 1 aliphatic carbocycles. The van der Waals surface area contributed by atoms with E-state index in [-0.39, 0.29) is 11.0 Å². The largest absolute Gasteiger partial charge is 0.319 e. The first-order valence-electron chi connectivity index (χ1n) is 7.13. The van der Waals surface area contributed by atoms with Gasteiger partial charge in [-0.2, -0.15) is 0 Å². The maximum Gasteiger partial charge on any atom is 0.113 e. The van der Waals surface area contributed by atoms with Gasteiger partial charge < -0.3 is 5.73 Å². The SMILES string of the molecule is CCC1CCCCC1(N)c1nc(C(C)(C)C)cs1. The molecule has 1 heterocycles. The molecule has 0 spiro atoms. The summed E-state index contributed by atoms with van der Waals surface area (Å²) in [4.78, 5) is 4.87. The van der Waals surface area contributed by atoms with Gasteiger partial charge in [0, 0.05) is 10.8 Å². The zero-order valence-corrected chi connectivity index (χ0v) is 12.9. The molecule has 18 heavy (non-hydrogen) atoms. The number of rotatable bonds is 2. The van der Waals surface area contributed by atoms with Crippen LogP contribution in [0.15, 0.2) is 5.38 Å². The van der Waals surface area contributed by atoms with Crippen LogP contribution in [0.2, 0.25) is 0 Å². The molecule has 1 aromatic rings. The molecule has 2 atom stereocenters. The lowest BCUT2D eigenvalue weighted by Gasteiger charge is -2.39. The van der Waals surface area contributed by atoms with Crippen LogP contribution >= 0.6 is 11.3 Å². The molecule has 2 nitrogen and oxygen atoms in total. The van der Waals surface area contributed by atoms with Crippen LogP contribution < -0.4 is 5.73 Å². The van der Waals surface area contributed by atoms with Crippen LogP contribution in [0.4, 0.5) is 0 Å². The van der Waals surface area contributed by atoms with Crippen molar-refractivity contribution in [2.75, 3.05) is 0 Å². The Labute approximate surface area is 115 Å². The normalized spacial score (nSPS) is 29.5. The molecule has 0 saturated heterocycles. The van der Waals surface area contributed by atoms with Gasteiger partial charge in [0.2, 0.25) is 0 Å². The van der Waals surface area contributed by atoms with Crippen molar-refractivity contribution in [3.05, 3.63) is 16.1 Å². The summed E-state index contributed by atoms with van der Waals surface area (Å²) in [5.41, 5.74) is 7.89. The monoisotopic (exact) mass is 266 g/mol. The van der Waals surface area contributed by atoms with Gasteiger partial charge in [-0.15, -0.1) is 11.3 Å². The average Bonchev–Trinajstić information content (AvgIpc) is 2.79.